The molecule has 68 valence electrons. The molecule has 0 aromatic carbocycles. The average molecular weight is 183 g/mol. The van der Waals surface area contributed by atoms with Crippen LogP contribution in [0.1, 0.15) is 13.8 Å². The molecule has 2 rings (SSSR count). The molecule has 2 heteroatoms. The van der Waals surface area contributed by atoms with Gasteiger partial charge in [0.15, 0.2) is 0 Å². The molecule has 3 unspecified atom stereocenters. The summed E-state index contributed by atoms with van der Waals surface area (Å²) in [5.41, 5.74) is 0.910. The molecule has 2 aliphatic carbocycles. The van der Waals surface area contributed by atoms with Gasteiger partial charge in [-0.15, -0.1) is 0 Å². The summed E-state index contributed by atoms with van der Waals surface area (Å²) in [5.74, 6) is 1.73. The van der Waals surface area contributed by atoms with Gasteiger partial charge in [0.05, 0.1) is 0 Å². The predicted molar refractivity (Wildman–Crippen MR) is 55.5 cm³/mol. The molecule has 0 aliphatic heterocycles. The number of hydrogen-bond acceptors (Lipinski definition) is 2. The normalized spacial score (nSPS) is 43.2. The van der Waals surface area contributed by atoms with Crippen LogP contribution < -0.4 is 5.32 Å². The highest BCUT2D eigenvalue weighted by Crippen LogP contribution is 2.78. The molecule has 1 N–H and O–H groups in total. The molecule has 1 spiro atoms. The zero-order valence-corrected chi connectivity index (χ0v) is 8.86. The van der Waals surface area contributed by atoms with E-state index in [0.717, 1.165) is 11.7 Å². The summed E-state index contributed by atoms with van der Waals surface area (Å²) in [5, 5.41) is 3.36. The Morgan fingerprint density at radius 2 is 2.17 bits per heavy atom. The van der Waals surface area contributed by atoms with E-state index in [4.69, 9.17) is 0 Å². The molecule has 0 amide bonds. The lowest BCUT2D eigenvalue weighted by Crippen LogP contribution is -2.37. The average Bonchev–Trinajstić information content (AvgIpc) is 2.91. The molecule has 12 heavy (non-hydrogen) atoms. The van der Waals surface area contributed by atoms with Crippen LogP contribution in [-0.2, 0) is 0 Å². The third kappa shape index (κ3) is 0.710. The Morgan fingerprint density at radius 1 is 1.58 bits per heavy atom. The molecule has 3 atom stereocenters. The first-order chi connectivity index (χ1) is 5.63. The molecular weight excluding hydrogens is 166 g/mol. The predicted octanol–water partition coefficient (Wildman–Crippen LogP) is 1.72. The van der Waals surface area contributed by atoms with Gasteiger partial charge in [-0.2, -0.15) is 12.6 Å². The topological polar surface area (TPSA) is 12.0 Å². The van der Waals surface area contributed by atoms with E-state index in [0.29, 0.717) is 16.9 Å². The second kappa shape index (κ2) is 2.30. The van der Waals surface area contributed by atoms with E-state index in [2.05, 4.69) is 43.9 Å². The highest BCUT2D eigenvalue weighted by molar-refractivity contribution is 7.80. The van der Waals surface area contributed by atoms with Gasteiger partial charge in [0, 0.05) is 22.6 Å². The lowest BCUT2D eigenvalue weighted by atomic mass is 9.94. The Morgan fingerprint density at radius 3 is 2.42 bits per heavy atom. The van der Waals surface area contributed by atoms with Crippen LogP contribution >= 0.6 is 12.6 Å². The fourth-order valence-electron chi connectivity index (χ4n) is 2.86. The number of thiol groups is 1. The Labute approximate surface area is 80.0 Å². The smallest absolute Gasteiger partial charge is 0.0220 e. The van der Waals surface area contributed by atoms with Crippen molar-refractivity contribution in [2.75, 3.05) is 12.8 Å². The molecule has 0 saturated heterocycles. The van der Waals surface area contributed by atoms with Crippen LogP contribution in [0.15, 0.2) is 12.2 Å². The van der Waals surface area contributed by atoms with Crippen LogP contribution in [-0.4, -0.2) is 18.8 Å². The first kappa shape index (κ1) is 8.64. The molecule has 1 fully saturated rings. The zero-order chi connectivity index (χ0) is 8.98. The van der Waals surface area contributed by atoms with E-state index < -0.39 is 0 Å². The van der Waals surface area contributed by atoms with Crippen LogP contribution in [0.3, 0.4) is 0 Å². The lowest BCUT2D eigenvalue weighted by Gasteiger charge is -2.23. The molecular formula is C10H17NS. The number of allylic oxidation sites excluding steroid dienone is 2. The van der Waals surface area contributed by atoms with Gasteiger partial charge in [0.1, 0.15) is 0 Å². The third-order valence-electron chi connectivity index (χ3n) is 4.25. The molecule has 2 aliphatic rings. The zero-order valence-electron chi connectivity index (χ0n) is 7.96. The fraction of sp³-hybridized carbons (Fsp3) is 0.800. The van der Waals surface area contributed by atoms with Crippen molar-refractivity contribution in [2.24, 2.45) is 16.7 Å². The maximum Gasteiger partial charge on any atom is 0.0220 e. The van der Waals surface area contributed by atoms with Crippen LogP contribution in [0.5, 0.6) is 0 Å². The van der Waals surface area contributed by atoms with Crippen LogP contribution in [0, 0.1) is 16.7 Å². The molecule has 1 saturated carbocycles. The van der Waals surface area contributed by atoms with Crippen molar-refractivity contribution in [2.45, 2.75) is 19.9 Å². The maximum atomic E-state index is 4.39. The number of rotatable bonds is 3. The van der Waals surface area contributed by atoms with Gasteiger partial charge >= 0.3 is 0 Å². The van der Waals surface area contributed by atoms with E-state index in [-0.39, 0.29) is 0 Å². The van der Waals surface area contributed by atoms with E-state index in [1.165, 1.54) is 0 Å². The number of nitrogens with one attached hydrogen (secondary N) is 1. The van der Waals surface area contributed by atoms with Gasteiger partial charge in [0.25, 0.3) is 0 Å². The van der Waals surface area contributed by atoms with Crippen molar-refractivity contribution in [1.29, 1.82) is 0 Å². The van der Waals surface area contributed by atoms with E-state index in [9.17, 15) is 0 Å². The van der Waals surface area contributed by atoms with Gasteiger partial charge < -0.3 is 5.32 Å². The molecule has 0 bridgehead atoms. The van der Waals surface area contributed by atoms with Gasteiger partial charge in [-0.25, -0.2) is 0 Å². The van der Waals surface area contributed by atoms with Crippen LogP contribution in [0.4, 0.5) is 0 Å². The second-order valence-electron chi connectivity index (χ2n) is 4.29. The Hall–Kier alpha value is 0.0500. The van der Waals surface area contributed by atoms with Crippen molar-refractivity contribution >= 4 is 12.6 Å². The minimum Gasteiger partial charge on any atom is -0.316 e. The summed E-state index contributed by atoms with van der Waals surface area (Å²) in [6.45, 7) is 4.71. The summed E-state index contributed by atoms with van der Waals surface area (Å²) in [4.78, 5) is 0. The molecule has 0 aromatic heterocycles. The van der Waals surface area contributed by atoms with Crippen molar-refractivity contribution in [3.05, 3.63) is 12.2 Å². The summed E-state index contributed by atoms with van der Waals surface area (Å²) in [7, 11) is 2.03. The third-order valence-corrected chi connectivity index (χ3v) is 4.61. The van der Waals surface area contributed by atoms with Gasteiger partial charge in [0.2, 0.25) is 0 Å². The standard InChI is InChI=1S/C10H17NS/c1-7-9(2,8(6-12)11-3)10(7)4-5-10/h4-5,7-8,11-12H,6H2,1-3H3. The quantitative estimate of drug-likeness (QED) is 0.501. The van der Waals surface area contributed by atoms with Crippen molar-refractivity contribution in [1.82, 2.24) is 5.32 Å². The monoisotopic (exact) mass is 183 g/mol. The summed E-state index contributed by atoms with van der Waals surface area (Å²) in [6, 6.07) is 0.547. The molecule has 1 nitrogen and oxygen atoms in total. The Bertz CT molecular complexity index is 226. The minimum absolute atomic E-state index is 0.434. The van der Waals surface area contributed by atoms with Crippen LogP contribution in [0.25, 0.3) is 0 Å². The van der Waals surface area contributed by atoms with Gasteiger partial charge in [-0.1, -0.05) is 26.0 Å². The van der Waals surface area contributed by atoms with Crippen molar-refractivity contribution < 1.29 is 0 Å². The first-order valence-electron chi connectivity index (χ1n) is 4.62. The van der Waals surface area contributed by atoms with Crippen molar-refractivity contribution in [3.8, 4) is 0 Å². The highest BCUT2D eigenvalue weighted by atomic mass is 32.1. The minimum atomic E-state index is 0.434. The number of hydrogen-bond donors (Lipinski definition) is 2. The van der Waals surface area contributed by atoms with E-state index in [1.807, 2.05) is 7.05 Å². The van der Waals surface area contributed by atoms with Crippen molar-refractivity contribution in [3.63, 3.8) is 0 Å². The molecule has 0 heterocycles. The van der Waals surface area contributed by atoms with E-state index in [1.54, 1.807) is 0 Å². The highest BCUT2D eigenvalue weighted by Gasteiger charge is 2.75. The summed E-state index contributed by atoms with van der Waals surface area (Å²) in [6.07, 6.45) is 4.71. The SMILES string of the molecule is CNC(CS)C1(C)C(C)C12C=C2. The summed E-state index contributed by atoms with van der Waals surface area (Å²) < 4.78 is 0. The fourth-order valence-corrected chi connectivity index (χ4v) is 3.42. The largest absolute Gasteiger partial charge is 0.316 e. The van der Waals surface area contributed by atoms with Gasteiger partial charge in [-0.3, -0.25) is 0 Å². The Kier molecular flexibility index (Phi) is 1.65. The first-order valence-corrected chi connectivity index (χ1v) is 5.25. The van der Waals surface area contributed by atoms with Gasteiger partial charge in [-0.05, 0) is 13.0 Å². The lowest BCUT2D eigenvalue weighted by molar-refractivity contribution is 0.363. The summed E-state index contributed by atoms with van der Waals surface area (Å²) >= 11 is 4.39. The second-order valence-corrected chi connectivity index (χ2v) is 4.66. The molecule has 0 aromatic rings. The maximum absolute atomic E-state index is 4.39. The molecule has 0 radical (unpaired) electrons. The van der Waals surface area contributed by atoms with Crippen LogP contribution in [0.2, 0.25) is 0 Å². The van der Waals surface area contributed by atoms with E-state index >= 15 is 0 Å². The Balaban J connectivity index is 2.13.